The number of nitrogens with two attached hydrogens (primary N) is 1. The maximum Gasteiger partial charge on any atom is 0.142 e. The highest BCUT2D eigenvalue weighted by Crippen LogP contribution is 2.29. The van der Waals surface area contributed by atoms with Gasteiger partial charge in [-0.1, -0.05) is 41.1 Å². The first kappa shape index (κ1) is 16.0. The molecule has 2 atom stereocenters. The highest BCUT2D eigenvalue weighted by atomic mass is 79.9. The molecule has 0 aromatic heterocycles. The van der Waals surface area contributed by atoms with Gasteiger partial charge in [0.05, 0.1) is 0 Å². The summed E-state index contributed by atoms with van der Waals surface area (Å²) in [7, 11) is 0. The molecule has 0 aliphatic carbocycles. The molecule has 0 heterocycles. The molecule has 2 rings (SSSR count). The smallest absolute Gasteiger partial charge is 0.142 e. The first-order valence-electron chi connectivity index (χ1n) is 6.95. The van der Waals surface area contributed by atoms with Crippen molar-refractivity contribution in [3.63, 3.8) is 0 Å². The number of hydrogen-bond donors (Lipinski definition) is 1. The van der Waals surface area contributed by atoms with Gasteiger partial charge in [-0.15, -0.1) is 0 Å². The third-order valence-corrected chi connectivity index (χ3v) is 4.35. The maximum absolute atomic E-state index is 14.0. The van der Waals surface area contributed by atoms with Crippen LogP contribution in [0.4, 0.5) is 4.39 Å². The van der Waals surface area contributed by atoms with Crippen molar-refractivity contribution in [1.82, 2.24) is 0 Å². The molecular weight excluding hydrogens is 333 g/mol. The van der Waals surface area contributed by atoms with Crippen molar-refractivity contribution in [2.24, 2.45) is 5.73 Å². The van der Waals surface area contributed by atoms with Crippen LogP contribution in [0.3, 0.4) is 0 Å². The average molecular weight is 352 g/mol. The molecule has 4 heteroatoms. The van der Waals surface area contributed by atoms with Gasteiger partial charge >= 0.3 is 0 Å². The summed E-state index contributed by atoms with van der Waals surface area (Å²) in [6.45, 7) is 3.95. The molecular formula is C17H19BrFNO. The number of aryl methyl sites for hydroxylation is 1. The highest BCUT2D eigenvalue weighted by molar-refractivity contribution is 9.10. The normalized spacial score (nSPS) is 13.8. The van der Waals surface area contributed by atoms with Crippen LogP contribution in [0.5, 0.6) is 5.75 Å². The Morgan fingerprint density at radius 3 is 2.57 bits per heavy atom. The molecule has 2 unspecified atom stereocenters. The lowest BCUT2D eigenvalue weighted by molar-refractivity contribution is 0.166. The van der Waals surface area contributed by atoms with E-state index in [1.54, 1.807) is 18.2 Å². The van der Waals surface area contributed by atoms with Crippen molar-refractivity contribution in [1.29, 1.82) is 0 Å². The highest BCUT2D eigenvalue weighted by Gasteiger charge is 2.23. The van der Waals surface area contributed by atoms with Gasteiger partial charge in [0.1, 0.15) is 17.7 Å². The van der Waals surface area contributed by atoms with Gasteiger partial charge in [0, 0.05) is 16.1 Å². The molecule has 2 aromatic carbocycles. The summed E-state index contributed by atoms with van der Waals surface area (Å²) in [5.74, 6) is 0.396. The molecule has 2 aromatic rings. The molecule has 0 radical (unpaired) electrons. The summed E-state index contributed by atoms with van der Waals surface area (Å²) in [6, 6.07) is 12.0. The van der Waals surface area contributed by atoms with Crippen molar-refractivity contribution in [3.05, 3.63) is 63.9 Å². The SMILES string of the molecule is CCC(N)C(Oc1ccc(Br)c(C)c1)c1ccccc1F. The van der Waals surface area contributed by atoms with Gasteiger partial charge in [-0.3, -0.25) is 0 Å². The van der Waals surface area contributed by atoms with Crippen molar-refractivity contribution in [2.75, 3.05) is 0 Å². The van der Waals surface area contributed by atoms with Crippen molar-refractivity contribution in [2.45, 2.75) is 32.4 Å². The fourth-order valence-corrected chi connectivity index (χ4v) is 2.39. The van der Waals surface area contributed by atoms with E-state index >= 15 is 0 Å². The minimum atomic E-state index is -0.503. The lowest BCUT2D eigenvalue weighted by atomic mass is 10.00. The first-order chi connectivity index (χ1) is 10.0. The van der Waals surface area contributed by atoms with E-state index in [4.69, 9.17) is 10.5 Å². The largest absolute Gasteiger partial charge is 0.484 e. The quantitative estimate of drug-likeness (QED) is 0.843. The Hall–Kier alpha value is -1.39. The van der Waals surface area contributed by atoms with E-state index < -0.39 is 6.10 Å². The lowest BCUT2D eigenvalue weighted by Gasteiger charge is -2.25. The summed E-state index contributed by atoms with van der Waals surface area (Å²) in [6.07, 6.45) is 0.200. The van der Waals surface area contributed by atoms with Crippen LogP contribution < -0.4 is 10.5 Å². The van der Waals surface area contributed by atoms with Crippen LogP contribution in [0.25, 0.3) is 0 Å². The number of hydrogen-bond acceptors (Lipinski definition) is 2. The number of rotatable bonds is 5. The van der Waals surface area contributed by atoms with Gasteiger partial charge in [0.2, 0.25) is 0 Å². The molecule has 2 N–H and O–H groups in total. The second-order valence-electron chi connectivity index (χ2n) is 5.04. The number of benzene rings is 2. The summed E-state index contributed by atoms with van der Waals surface area (Å²) in [5, 5.41) is 0. The molecule has 2 nitrogen and oxygen atoms in total. The molecule has 0 aliphatic rings. The van der Waals surface area contributed by atoms with E-state index in [9.17, 15) is 4.39 Å². The Bertz CT molecular complexity index is 617. The van der Waals surface area contributed by atoms with Gasteiger partial charge in [-0.25, -0.2) is 4.39 Å². The predicted molar refractivity (Wildman–Crippen MR) is 86.9 cm³/mol. The molecule has 0 bridgehead atoms. The fraction of sp³-hybridized carbons (Fsp3) is 0.294. The van der Waals surface area contributed by atoms with E-state index in [0.29, 0.717) is 17.7 Å². The molecule has 0 spiro atoms. The molecule has 0 aliphatic heterocycles. The Morgan fingerprint density at radius 1 is 1.24 bits per heavy atom. The molecule has 21 heavy (non-hydrogen) atoms. The minimum Gasteiger partial charge on any atom is -0.484 e. The second-order valence-corrected chi connectivity index (χ2v) is 5.90. The van der Waals surface area contributed by atoms with Gasteiger partial charge in [-0.05, 0) is 43.2 Å². The molecule has 0 saturated heterocycles. The zero-order valence-electron chi connectivity index (χ0n) is 12.1. The minimum absolute atomic E-state index is 0.272. The summed E-state index contributed by atoms with van der Waals surface area (Å²) in [5.41, 5.74) is 7.69. The lowest BCUT2D eigenvalue weighted by Crippen LogP contribution is -2.32. The Kier molecular flexibility index (Phi) is 5.37. The molecule has 0 fully saturated rings. The number of ether oxygens (including phenoxy) is 1. The Morgan fingerprint density at radius 2 is 1.95 bits per heavy atom. The second kappa shape index (κ2) is 7.05. The molecule has 112 valence electrons. The van der Waals surface area contributed by atoms with Gasteiger partial charge in [0.25, 0.3) is 0 Å². The first-order valence-corrected chi connectivity index (χ1v) is 7.75. The third-order valence-electron chi connectivity index (χ3n) is 3.46. The van der Waals surface area contributed by atoms with Crippen molar-refractivity contribution >= 4 is 15.9 Å². The Labute approximate surface area is 133 Å². The van der Waals surface area contributed by atoms with Crippen LogP contribution in [0.1, 0.15) is 30.6 Å². The maximum atomic E-state index is 14.0. The summed E-state index contributed by atoms with van der Waals surface area (Å²) < 4.78 is 21.0. The van der Waals surface area contributed by atoms with Gasteiger partial charge in [0.15, 0.2) is 0 Å². The van der Waals surface area contributed by atoms with Crippen LogP contribution in [-0.4, -0.2) is 6.04 Å². The van der Waals surface area contributed by atoms with E-state index in [0.717, 1.165) is 10.0 Å². The van der Waals surface area contributed by atoms with Crippen molar-refractivity contribution in [3.8, 4) is 5.75 Å². The van der Waals surface area contributed by atoms with Crippen LogP contribution in [-0.2, 0) is 0 Å². The Balaban J connectivity index is 2.33. The fourth-order valence-electron chi connectivity index (χ4n) is 2.14. The molecule has 0 saturated carbocycles. The summed E-state index contributed by atoms with van der Waals surface area (Å²) in [4.78, 5) is 0. The van der Waals surface area contributed by atoms with Crippen molar-refractivity contribution < 1.29 is 9.13 Å². The zero-order chi connectivity index (χ0) is 15.4. The number of halogens is 2. The van der Waals surface area contributed by atoms with E-state index in [1.165, 1.54) is 6.07 Å². The van der Waals surface area contributed by atoms with Gasteiger partial charge < -0.3 is 10.5 Å². The predicted octanol–water partition coefficient (Wildman–Crippen LogP) is 4.75. The standard InChI is InChI=1S/C17H19BrFNO/c1-3-16(20)17(13-6-4-5-7-15(13)19)21-12-8-9-14(18)11(2)10-12/h4-10,16-17H,3,20H2,1-2H3. The topological polar surface area (TPSA) is 35.2 Å². The van der Waals surface area contributed by atoms with E-state index in [1.807, 2.05) is 32.0 Å². The van der Waals surface area contributed by atoms with Crippen LogP contribution in [0.15, 0.2) is 46.9 Å². The molecule has 0 amide bonds. The summed E-state index contributed by atoms with van der Waals surface area (Å²) >= 11 is 3.45. The third kappa shape index (κ3) is 3.83. The van der Waals surface area contributed by atoms with Crippen LogP contribution in [0.2, 0.25) is 0 Å². The zero-order valence-corrected chi connectivity index (χ0v) is 13.7. The average Bonchev–Trinajstić information content (AvgIpc) is 2.48. The van der Waals surface area contributed by atoms with Gasteiger partial charge in [-0.2, -0.15) is 0 Å². The van der Waals surface area contributed by atoms with Crippen LogP contribution in [0, 0.1) is 12.7 Å². The monoisotopic (exact) mass is 351 g/mol. The van der Waals surface area contributed by atoms with E-state index in [2.05, 4.69) is 15.9 Å². The van der Waals surface area contributed by atoms with E-state index in [-0.39, 0.29) is 11.9 Å². The van der Waals surface area contributed by atoms with Crippen LogP contribution >= 0.6 is 15.9 Å².